The summed E-state index contributed by atoms with van der Waals surface area (Å²) in [5.74, 6) is 0.278. The third-order valence-electron chi connectivity index (χ3n) is 4.36. The van der Waals surface area contributed by atoms with E-state index in [0.717, 1.165) is 37.1 Å². The molecule has 1 saturated heterocycles. The summed E-state index contributed by atoms with van der Waals surface area (Å²) in [4.78, 5) is 11.8. The van der Waals surface area contributed by atoms with Crippen molar-refractivity contribution in [3.63, 3.8) is 0 Å². The van der Waals surface area contributed by atoms with Gasteiger partial charge in [0, 0.05) is 5.02 Å². The highest BCUT2D eigenvalue weighted by molar-refractivity contribution is 6.31. The Balaban J connectivity index is 1.78. The van der Waals surface area contributed by atoms with Crippen molar-refractivity contribution in [1.82, 2.24) is 0 Å². The smallest absolute Gasteiger partial charge is 0.340 e. The van der Waals surface area contributed by atoms with E-state index in [4.69, 9.17) is 21.1 Å². The Bertz CT molecular complexity index is 497. The Labute approximate surface area is 137 Å². The van der Waals surface area contributed by atoms with Crippen LogP contribution >= 0.6 is 11.6 Å². The van der Waals surface area contributed by atoms with Gasteiger partial charge in [0.25, 0.3) is 0 Å². The summed E-state index contributed by atoms with van der Waals surface area (Å²) in [7, 11) is 0. The van der Waals surface area contributed by atoms with Gasteiger partial charge in [-0.25, -0.2) is 4.79 Å². The van der Waals surface area contributed by atoms with Crippen molar-refractivity contribution in [3.05, 3.63) is 34.9 Å². The van der Waals surface area contributed by atoms with E-state index in [1.807, 2.05) is 25.1 Å². The standard InChI is InChI=1S/C18H25ClO3/c1-3-14(15-10-5-6-11-16(15)19)9-7-8-12-18(13-22-18)17(20)21-4-2/h5-6,10-11,14H,3-4,7-9,12-13H2,1-2H3. The molecule has 1 heterocycles. The van der Waals surface area contributed by atoms with E-state index in [-0.39, 0.29) is 5.97 Å². The van der Waals surface area contributed by atoms with Gasteiger partial charge in [0.15, 0.2) is 5.60 Å². The maximum Gasteiger partial charge on any atom is 0.340 e. The highest BCUT2D eigenvalue weighted by Crippen LogP contribution is 2.36. The minimum absolute atomic E-state index is 0.201. The molecule has 0 amide bonds. The molecule has 0 bridgehead atoms. The first-order chi connectivity index (χ1) is 10.6. The number of hydrogen-bond acceptors (Lipinski definition) is 3. The van der Waals surface area contributed by atoms with E-state index >= 15 is 0 Å². The van der Waals surface area contributed by atoms with Gasteiger partial charge in [-0.2, -0.15) is 0 Å². The molecule has 122 valence electrons. The molecule has 0 aliphatic carbocycles. The quantitative estimate of drug-likeness (QED) is 0.374. The zero-order valence-corrected chi connectivity index (χ0v) is 14.2. The van der Waals surface area contributed by atoms with Gasteiger partial charge in [-0.15, -0.1) is 0 Å². The van der Waals surface area contributed by atoms with Gasteiger partial charge in [0.1, 0.15) is 0 Å². The molecular formula is C18H25ClO3. The van der Waals surface area contributed by atoms with Crippen LogP contribution < -0.4 is 0 Å². The van der Waals surface area contributed by atoms with E-state index in [9.17, 15) is 4.79 Å². The molecule has 1 aromatic carbocycles. The maximum atomic E-state index is 11.8. The van der Waals surface area contributed by atoms with Gasteiger partial charge in [-0.3, -0.25) is 0 Å². The summed E-state index contributed by atoms with van der Waals surface area (Å²) in [6.07, 6.45) is 4.95. The van der Waals surface area contributed by atoms with Gasteiger partial charge in [-0.05, 0) is 50.2 Å². The molecule has 0 spiro atoms. The Hall–Kier alpha value is -1.06. The Morgan fingerprint density at radius 3 is 2.68 bits per heavy atom. The predicted molar refractivity (Wildman–Crippen MR) is 88.3 cm³/mol. The first-order valence-electron chi connectivity index (χ1n) is 8.18. The number of unbranched alkanes of at least 4 members (excludes halogenated alkanes) is 1. The van der Waals surface area contributed by atoms with Crippen LogP contribution in [0.25, 0.3) is 0 Å². The minimum atomic E-state index is -0.637. The summed E-state index contributed by atoms with van der Waals surface area (Å²) in [5.41, 5.74) is 0.594. The molecule has 0 radical (unpaired) electrons. The summed E-state index contributed by atoms with van der Waals surface area (Å²) in [6.45, 7) is 4.93. The zero-order valence-electron chi connectivity index (χ0n) is 13.4. The van der Waals surface area contributed by atoms with Crippen LogP contribution in [0.4, 0.5) is 0 Å². The Morgan fingerprint density at radius 1 is 1.36 bits per heavy atom. The first-order valence-corrected chi connectivity index (χ1v) is 8.56. The van der Waals surface area contributed by atoms with E-state index in [1.54, 1.807) is 0 Å². The number of hydrogen-bond donors (Lipinski definition) is 0. The first kappa shape index (κ1) is 17.3. The molecule has 3 nitrogen and oxygen atoms in total. The van der Waals surface area contributed by atoms with Crippen LogP contribution in [-0.4, -0.2) is 24.8 Å². The third kappa shape index (κ3) is 4.23. The van der Waals surface area contributed by atoms with Crippen molar-refractivity contribution >= 4 is 17.6 Å². The normalized spacial score (nSPS) is 21.4. The number of halogens is 1. The molecular weight excluding hydrogens is 300 g/mol. The number of carbonyl (C=O) groups is 1. The number of rotatable bonds is 9. The second kappa shape index (κ2) is 7.98. The summed E-state index contributed by atoms with van der Waals surface area (Å²) < 4.78 is 10.4. The number of carbonyl (C=O) groups excluding carboxylic acids is 1. The molecule has 1 aromatic rings. The molecule has 0 saturated carbocycles. The second-order valence-electron chi connectivity index (χ2n) is 5.88. The van der Waals surface area contributed by atoms with E-state index in [2.05, 4.69) is 13.0 Å². The third-order valence-corrected chi connectivity index (χ3v) is 4.71. The van der Waals surface area contributed by atoms with Gasteiger partial charge in [0.05, 0.1) is 13.2 Å². The van der Waals surface area contributed by atoms with Crippen LogP contribution in [-0.2, 0) is 14.3 Å². The van der Waals surface area contributed by atoms with Crippen molar-refractivity contribution < 1.29 is 14.3 Å². The second-order valence-corrected chi connectivity index (χ2v) is 6.28. The van der Waals surface area contributed by atoms with Crippen LogP contribution in [0.2, 0.25) is 5.02 Å². The molecule has 0 N–H and O–H groups in total. The molecule has 2 rings (SSSR count). The van der Waals surface area contributed by atoms with E-state index in [1.165, 1.54) is 5.56 Å². The SMILES string of the molecule is CCOC(=O)C1(CCCCC(CC)c2ccccc2Cl)CO1. The molecule has 1 fully saturated rings. The fourth-order valence-corrected chi connectivity index (χ4v) is 3.19. The Morgan fingerprint density at radius 2 is 2.09 bits per heavy atom. The fraction of sp³-hybridized carbons (Fsp3) is 0.611. The lowest BCUT2D eigenvalue weighted by Gasteiger charge is -2.17. The molecule has 2 unspecified atom stereocenters. The topological polar surface area (TPSA) is 38.8 Å². The zero-order chi connectivity index (χ0) is 16.0. The fourth-order valence-electron chi connectivity index (χ4n) is 2.90. The van der Waals surface area contributed by atoms with Crippen molar-refractivity contribution in [3.8, 4) is 0 Å². The molecule has 0 aromatic heterocycles. The largest absolute Gasteiger partial charge is 0.464 e. The lowest BCUT2D eigenvalue weighted by molar-refractivity contribution is -0.149. The summed E-state index contributed by atoms with van der Waals surface area (Å²) in [5, 5.41) is 0.850. The molecule has 2 atom stereocenters. The van der Waals surface area contributed by atoms with Gasteiger partial charge in [-0.1, -0.05) is 43.1 Å². The average molecular weight is 325 g/mol. The van der Waals surface area contributed by atoms with Gasteiger partial charge < -0.3 is 9.47 Å². The average Bonchev–Trinajstić information content (AvgIpc) is 3.30. The van der Waals surface area contributed by atoms with Crippen molar-refractivity contribution in [2.75, 3.05) is 13.2 Å². The van der Waals surface area contributed by atoms with Crippen molar-refractivity contribution in [1.29, 1.82) is 0 Å². The molecule has 4 heteroatoms. The van der Waals surface area contributed by atoms with Crippen LogP contribution in [0.1, 0.15) is 57.4 Å². The number of ether oxygens (including phenoxy) is 2. The lowest BCUT2D eigenvalue weighted by Crippen LogP contribution is -2.27. The summed E-state index contributed by atoms with van der Waals surface area (Å²) >= 11 is 6.29. The minimum Gasteiger partial charge on any atom is -0.464 e. The number of benzene rings is 1. The van der Waals surface area contributed by atoms with Crippen molar-refractivity contribution in [2.45, 2.75) is 57.5 Å². The highest BCUT2D eigenvalue weighted by atomic mass is 35.5. The maximum absolute atomic E-state index is 11.8. The molecule has 22 heavy (non-hydrogen) atoms. The van der Waals surface area contributed by atoms with Crippen LogP contribution in [0, 0.1) is 0 Å². The molecule has 1 aliphatic heterocycles. The van der Waals surface area contributed by atoms with Gasteiger partial charge in [0.2, 0.25) is 0 Å². The Kier molecular flexibility index (Phi) is 6.27. The van der Waals surface area contributed by atoms with Crippen molar-refractivity contribution in [2.24, 2.45) is 0 Å². The lowest BCUT2D eigenvalue weighted by atomic mass is 9.90. The van der Waals surface area contributed by atoms with Gasteiger partial charge >= 0.3 is 5.97 Å². The van der Waals surface area contributed by atoms with E-state index in [0.29, 0.717) is 19.1 Å². The van der Waals surface area contributed by atoms with Crippen LogP contribution in [0.3, 0.4) is 0 Å². The van der Waals surface area contributed by atoms with E-state index < -0.39 is 5.60 Å². The van der Waals surface area contributed by atoms with Crippen LogP contribution in [0.5, 0.6) is 0 Å². The van der Waals surface area contributed by atoms with Crippen LogP contribution in [0.15, 0.2) is 24.3 Å². The molecule has 1 aliphatic rings. The number of esters is 1. The summed E-state index contributed by atoms with van der Waals surface area (Å²) in [6, 6.07) is 8.07. The number of epoxide rings is 1. The monoisotopic (exact) mass is 324 g/mol. The highest BCUT2D eigenvalue weighted by Gasteiger charge is 2.52. The predicted octanol–water partition coefficient (Wildman–Crippen LogP) is 4.73.